The molecule has 2 rings (SSSR count). The largest absolute Gasteiger partial charge is 0.495 e. The minimum atomic E-state index is -0.364. The van der Waals surface area contributed by atoms with Crippen LogP contribution >= 0.6 is 11.8 Å². The number of carbonyl (C=O) groups is 1. The number of likely N-dealkylation sites (tertiary alicyclic amines) is 1. The Hall–Kier alpha value is -2.03. The molecular formula is C17H20ClN3O2. The third kappa shape index (κ3) is 4.72. The van der Waals surface area contributed by atoms with E-state index >= 15 is 0 Å². The van der Waals surface area contributed by atoms with Gasteiger partial charge in [-0.1, -0.05) is 12.5 Å². The summed E-state index contributed by atoms with van der Waals surface area (Å²) in [5, 5.41) is 8.97. The Labute approximate surface area is 141 Å². The maximum atomic E-state index is 12.2. The zero-order valence-electron chi connectivity index (χ0n) is 13.2. The first-order valence-electron chi connectivity index (χ1n) is 7.62. The molecule has 1 aromatic rings. The molecule has 0 radical (unpaired) electrons. The quantitative estimate of drug-likeness (QED) is 0.613. The lowest BCUT2D eigenvalue weighted by Gasteiger charge is -2.24. The summed E-state index contributed by atoms with van der Waals surface area (Å²) in [4.78, 5) is 14.5. The van der Waals surface area contributed by atoms with Crippen molar-refractivity contribution in [2.45, 2.75) is 19.3 Å². The van der Waals surface area contributed by atoms with Crippen molar-refractivity contribution >= 4 is 23.4 Å². The van der Waals surface area contributed by atoms with Crippen molar-refractivity contribution in [1.82, 2.24) is 4.90 Å². The molecule has 122 valence electrons. The maximum absolute atomic E-state index is 12.2. The van der Waals surface area contributed by atoms with Gasteiger partial charge in [0.25, 0.3) is 5.91 Å². The van der Waals surface area contributed by atoms with Crippen molar-refractivity contribution in [3.8, 4) is 11.8 Å². The zero-order chi connectivity index (χ0) is 16.7. The molecule has 0 atom stereocenters. The van der Waals surface area contributed by atoms with Gasteiger partial charge in [0.05, 0.1) is 18.7 Å². The van der Waals surface area contributed by atoms with Crippen LogP contribution in [0.1, 0.15) is 24.8 Å². The molecule has 1 aliphatic rings. The summed E-state index contributed by atoms with van der Waals surface area (Å²) < 4.78 is 6.17. The average Bonchev–Trinajstić information content (AvgIpc) is 2.61. The van der Waals surface area contributed by atoms with Crippen LogP contribution in [0.5, 0.6) is 5.75 Å². The number of anilines is 1. The molecule has 5 nitrogen and oxygen atoms in total. The van der Waals surface area contributed by atoms with Gasteiger partial charge in [-0.25, -0.2) is 4.42 Å². The number of piperidine rings is 1. The van der Waals surface area contributed by atoms with Crippen molar-refractivity contribution in [3.05, 3.63) is 35.9 Å². The molecule has 0 aromatic heterocycles. The van der Waals surface area contributed by atoms with Gasteiger partial charge in [-0.3, -0.25) is 9.69 Å². The van der Waals surface area contributed by atoms with Crippen LogP contribution in [-0.2, 0) is 4.79 Å². The Balaban J connectivity index is 2.02. The number of halogens is 1. The summed E-state index contributed by atoms with van der Waals surface area (Å²) in [5.41, 5.74) is 0.775. The van der Waals surface area contributed by atoms with E-state index in [1.807, 2.05) is 12.1 Å². The summed E-state index contributed by atoms with van der Waals surface area (Å²) in [6, 6.07) is 6.79. The molecule has 1 saturated heterocycles. The summed E-state index contributed by atoms with van der Waals surface area (Å²) >= 11 is 6.12. The van der Waals surface area contributed by atoms with Crippen LogP contribution in [0, 0.1) is 11.3 Å². The first-order chi connectivity index (χ1) is 11.2. The summed E-state index contributed by atoms with van der Waals surface area (Å²) in [6.07, 6.45) is 6.98. The summed E-state index contributed by atoms with van der Waals surface area (Å²) in [7, 11) is 1.49. The Bertz CT molecular complexity index is 619. The fourth-order valence-corrected chi connectivity index (χ4v) is 2.73. The van der Waals surface area contributed by atoms with Crippen LogP contribution in [0.4, 0.5) is 5.69 Å². The fraction of sp³-hybridized carbons (Fsp3) is 0.412. The maximum Gasteiger partial charge on any atom is 0.265 e. The molecule has 0 N–H and O–H groups in total. The fourth-order valence-electron chi connectivity index (χ4n) is 2.54. The van der Waals surface area contributed by atoms with E-state index in [4.69, 9.17) is 21.8 Å². The van der Waals surface area contributed by atoms with Gasteiger partial charge in [-0.05, 0) is 44.1 Å². The highest BCUT2D eigenvalue weighted by Gasteiger charge is 2.16. The van der Waals surface area contributed by atoms with E-state index in [0.717, 1.165) is 24.1 Å². The number of ether oxygens (including phenoxy) is 1. The minimum Gasteiger partial charge on any atom is -0.495 e. The number of carbonyl (C=O) groups excluding carboxylic acids is 1. The van der Waals surface area contributed by atoms with Crippen LogP contribution < -0.4 is 9.16 Å². The van der Waals surface area contributed by atoms with Gasteiger partial charge in [0.2, 0.25) is 0 Å². The van der Waals surface area contributed by atoms with Crippen molar-refractivity contribution < 1.29 is 9.53 Å². The monoisotopic (exact) mass is 333 g/mol. The molecule has 1 aromatic carbocycles. The van der Waals surface area contributed by atoms with Gasteiger partial charge in [0, 0.05) is 24.4 Å². The van der Waals surface area contributed by atoms with Gasteiger partial charge in [0.15, 0.2) is 0 Å². The van der Waals surface area contributed by atoms with Crippen LogP contribution in [0.3, 0.4) is 0 Å². The van der Waals surface area contributed by atoms with E-state index in [2.05, 4.69) is 4.90 Å². The Morgan fingerprint density at radius 1 is 1.43 bits per heavy atom. The molecule has 0 saturated carbocycles. The van der Waals surface area contributed by atoms with E-state index in [9.17, 15) is 4.79 Å². The number of nitrogens with zero attached hydrogens (tertiary/aromatic N) is 3. The number of hydrogen-bond acceptors (Lipinski definition) is 4. The number of amides is 1. The number of benzene rings is 1. The normalized spacial score (nSPS) is 15.3. The third-order valence-electron chi connectivity index (χ3n) is 3.79. The average molecular weight is 334 g/mol. The van der Waals surface area contributed by atoms with Crippen molar-refractivity contribution in [2.24, 2.45) is 0 Å². The van der Waals surface area contributed by atoms with Crippen LogP contribution in [0.25, 0.3) is 0 Å². The highest BCUT2D eigenvalue weighted by atomic mass is 35.5. The van der Waals surface area contributed by atoms with Crippen molar-refractivity contribution in [3.63, 3.8) is 0 Å². The molecule has 0 aliphatic carbocycles. The number of rotatable bonds is 5. The van der Waals surface area contributed by atoms with Gasteiger partial charge < -0.3 is 4.74 Å². The topological polar surface area (TPSA) is 56.6 Å². The van der Waals surface area contributed by atoms with E-state index in [-0.39, 0.29) is 5.91 Å². The Morgan fingerprint density at radius 2 is 2.17 bits per heavy atom. The second-order valence-corrected chi connectivity index (χ2v) is 5.72. The first kappa shape index (κ1) is 17.3. The molecule has 1 fully saturated rings. The molecule has 6 heteroatoms. The highest BCUT2D eigenvalue weighted by Crippen LogP contribution is 2.30. The highest BCUT2D eigenvalue weighted by molar-refractivity contribution is 6.38. The molecule has 0 spiro atoms. The summed E-state index contributed by atoms with van der Waals surface area (Å²) in [6.45, 7) is 2.88. The first-order valence-corrected chi connectivity index (χ1v) is 7.96. The Kier molecular flexibility index (Phi) is 6.45. The predicted molar refractivity (Wildman–Crippen MR) is 90.5 cm³/mol. The molecule has 1 amide bonds. The lowest BCUT2D eigenvalue weighted by atomic mass is 10.1. The second kappa shape index (κ2) is 8.56. The smallest absolute Gasteiger partial charge is 0.265 e. The van der Waals surface area contributed by atoms with Gasteiger partial charge in [0.1, 0.15) is 11.4 Å². The summed E-state index contributed by atoms with van der Waals surface area (Å²) in [5.74, 6) is 0.0776. The third-order valence-corrected chi connectivity index (χ3v) is 4.13. The van der Waals surface area contributed by atoms with E-state index in [1.165, 1.54) is 38.5 Å². The Morgan fingerprint density at radius 3 is 2.83 bits per heavy atom. The molecule has 0 unspecified atom stereocenters. The van der Waals surface area contributed by atoms with Crippen LogP contribution in [0.15, 0.2) is 30.4 Å². The molecule has 0 bridgehead atoms. The van der Waals surface area contributed by atoms with E-state index in [0.29, 0.717) is 17.0 Å². The standard InChI is InChI=1S/C17H20ClN3O2/c1-23-16-8-7-14(13-19)12-15(16)21(18)17(22)6-5-11-20-9-3-2-4-10-20/h5-8,12H,2-4,9-11H2,1H3. The second-order valence-electron chi connectivity index (χ2n) is 5.38. The van der Waals surface area contributed by atoms with E-state index in [1.54, 1.807) is 12.1 Å². The lowest BCUT2D eigenvalue weighted by molar-refractivity contribution is -0.113. The minimum absolute atomic E-state index is 0.362. The van der Waals surface area contributed by atoms with Crippen molar-refractivity contribution in [2.75, 3.05) is 31.2 Å². The van der Waals surface area contributed by atoms with Gasteiger partial charge in [-0.2, -0.15) is 5.26 Å². The van der Waals surface area contributed by atoms with Crippen LogP contribution in [-0.4, -0.2) is 37.6 Å². The molecule has 1 heterocycles. The predicted octanol–water partition coefficient (Wildman–Crippen LogP) is 3.10. The zero-order valence-corrected chi connectivity index (χ0v) is 13.9. The molecular weight excluding hydrogens is 314 g/mol. The van der Waals surface area contributed by atoms with E-state index < -0.39 is 0 Å². The molecule has 23 heavy (non-hydrogen) atoms. The lowest BCUT2D eigenvalue weighted by Crippen LogP contribution is -2.30. The number of nitriles is 1. The van der Waals surface area contributed by atoms with Crippen molar-refractivity contribution in [1.29, 1.82) is 5.26 Å². The SMILES string of the molecule is COc1ccc(C#N)cc1N(Cl)C(=O)C=CCN1CCCCC1. The van der Waals surface area contributed by atoms with Gasteiger partial charge >= 0.3 is 0 Å². The van der Waals surface area contributed by atoms with Gasteiger partial charge in [-0.15, -0.1) is 0 Å². The number of hydrogen-bond donors (Lipinski definition) is 0. The molecule has 1 aliphatic heterocycles. The number of methoxy groups -OCH3 is 1. The van der Waals surface area contributed by atoms with Crippen LogP contribution in [0.2, 0.25) is 0 Å².